The average molecular weight is 422 g/mol. The highest BCUT2D eigenvalue weighted by Gasteiger charge is 2.22. The van der Waals surface area contributed by atoms with E-state index in [2.05, 4.69) is 44.9 Å². The Kier molecular flexibility index (Phi) is 4.99. The van der Waals surface area contributed by atoms with Gasteiger partial charge >= 0.3 is 0 Å². The second-order valence-electron chi connectivity index (χ2n) is 5.92. The lowest BCUT2D eigenvalue weighted by Crippen LogP contribution is -2.24. The summed E-state index contributed by atoms with van der Waals surface area (Å²) in [5.74, 6) is 0.0174. The van der Waals surface area contributed by atoms with Crippen LogP contribution in [-0.4, -0.2) is 29.5 Å². The predicted molar refractivity (Wildman–Crippen MR) is 98.1 cm³/mol. The van der Waals surface area contributed by atoms with Gasteiger partial charge in [0.25, 0.3) is 5.91 Å². The molecule has 23 heavy (non-hydrogen) atoms. The Balaban J connectivity index is 1.68. The van der Waals surface area contributed by atoms with E-state index >= 15 is 0 Å². The van der Waals surface area contributed by atoms with E-state index in [9.17, 15) is 9.90 Å². The minimum atomic E-state index is -0.502. The highest BCUT2D eigenvalue weighted by Crippen LogP contribution is 2.24. The fourth-order valence-corrected chi connectivity index (χ4v) is 3.92. The minimum Gasteiger partial charge on any atom is -0.387 e. The third kappa shape index (κ3) is 3.73. The number of aliphatic hydroxyl groups is 1. The number of halogens is 1. The van der Waals surface area contributed by atoms with Crippen LogP contribution < -0.4 is 5.32 Å². The highest BCUT2D eigenvalue weighted by atomic mass is 127. The molecule has 2 aromatic rings. The van der Waals surface area contributed by atoms with E-state index in [1.165, 1.54) is 0 Å². The van der Waals surface area contributed by atoms with Gasteiger partial charge in [0.05, 0.1) is 11.7 Å². The number of likely N-dealkylation sites (N-methyl/N-ethyl adjacent to an activating group) is 1. The lowest BCUT2D eigenvalue weighted by atomic mass is 10.1. The second-order valence-corrected chi connectivity index (χ2v) is 7.08. The van der Waals surface area contributed by atoms with E-state index in [0.29, 0.717) is 13.1 Å². The van der Waals surface area contributed by atoms with Gasteiger partial charge in [0.1, 0.15) is 0 Å². The van der Waals surface area contributed by atoms with Crippen LogP contribution in [0, 0.1) is 3.57 Å². The largest absolute Gasteiger partial charge is 0.387 e. The lowest BCUT2D eigenvalue weighted by molar-refractivity contribution is 0.0965. The number of nitrogens with zero attached hydrogens (tertiary/aromatic N) is 1. The van der Waals surface area contributed by atoms with Crippen molar-refractivity contribution in [3.63, 3.8) is 0 Å². The molecule has 1 aliphatic heterocycles. The van der Waals surface area contributed by atoms with Crippen molar-refractivity contribution in [2.75, 3.05) is 13.6 Å². The first kappa shape index (κ1) is 16.4. The maximum absolute atomic E-state index is 11.8. The first-order valence-electron chi connectivity index (χ1n) is 7.55. The number of carbonyl (C=O) groups is 1. The first-order valence-corrected chi connectivity index (χ1v) is 8.63. The third-order valence-electron chi connectivity index (χ3n) is 4.02. The molecule has 0 bridgehead atoms. The number of amides is 1. The Morgan fingerprint density at radius 3 is 2.78 bits per heavy atom. The molecule has 0 aromatic heterocycles. The highest BCUT2D eigenvalue weighted by molar-refractivity contribution is 14.1. The molecule has 4 nitrogen and oxygen atoms in total. The van der Waals surface area contributed by atoms with Crippen molar-refractivity contribution in [3.8, 4) is 0 Å². The molecule has 0 saturated heterocycles. The molecular formula is C18H19IN2O2. The molecule has 1 aliphatic rings. The smallest absolute Gasteiger partial charge is 0.252 e. The first-order chi connectivity index (χ1) is 11.0. The number of hydrogen-bond acceptors (Lipinski definition) is 3. The van der Waals surface area contributed by atoms with E-state index in [1.807, 2.05) is 37.4 Å². The van der Waals surface area contributed by atoms with Gasteiger partial charge < -0.3 is 10.4 Å². The zero-order valence-corrected chi connectivity index (χ0v) is 15.1. The summed E-state index contributed by atoms with van der Waals surface area (Å²) in [6, 6.07) is 13.8. The van der Waals surface area contributed by atoms with Gasteiger partial charge in [-0.2, -0.15) is 0 Å². The zero-order valence-electron chi connectivity index (χ0n) is 12.9. The lowest BCUT2D eigenvalue weighted by Gasteiger charge is -2.21. The fraction of sp³-hybridized carbons (Fsp3) is 0.278. The van der Waals surface area contributed by atoms with Gasteiger partial charge in [-0.1, -0.05) is 36.4 Å². The Bertz CT molecular complexity index is 718. The summed E-state index contributed by atoms with van der Waals surface area (Å²) in [6.07, 6.45) is -0.502. The van der Waals surface area contributed by atoms with Crippen molar-refractivity contribution in [3.05, 3.63) is 68.3 Å². The molecule has 2 aromatic carbocycles. The molecule has 0 fully saturated rings. The summed E-state index contributed by atoms with van der Waals surface area (Å²) in [7, 11) is 2.00. The minimum absolute atomic E-state index is 0.0174. The van der Waals surface area contributed by atoms with Crippen molar-refractivity contribution in [2.45, 2.75) is 19.2 Å². The second kappa shape index (κ2) is 6.98. The van der Waals surface area contributed by atoms with Gasteiger partial charge in [-0.25, -0.2) is 0 Å². The van der Waals surface area contributed by atoms with Gasteiger partial charge in [-0.05, 0) is 52.4 Å². The van der Waals surface area contributed by atoms with Crippen LogP contribution in [0.3, 0.4) is 0 Å². The van der Waals surface area contributed by atoms with Crippen molar-refractivity contribution < 1.29 is 9.90 Å². The van der Waals surface area contributed by atoms with E-state index < -0.39 is 6.10 Å². The molecule has 1 atom stereocenters. The third-order valence-corrected chi connectivity index (χ3v) is 4.87. The summed E-state index contributed by atoms with van der Waals surface area (Å²) >= 11 is 2.22. The summed E-state index contributed by atoms with van der Waals surface area (Å²) in [6.45, 7) is 1.91. The maximum atomic E-state index is 11.8. The van der Waals surface area contributed by atoms with Crippen LogP contribution in [0.5, 0.6) is 0 Å². The number of rotatable bonds is 5. The van der Waals surface area contributed by atoms with E-state index in [1.54, 1.807) is 0 Å². The number of nitrogens with one attached hydrogen (secondary N) is 1. The molecule has 5 heteroatoms. The van der Waals surface area contributed by atoms with Crippen LogP contribution >= 0.6 is 22.6 Å². The molecule has 3 rings (SSSR count). The van der Waals surface area contributed by atoms with E-state index in [-0.39, 0.29) is 5.91 Å². The molecule has 120 valence electrons. The quantitative estimate of drug-likeness (QED) is 0.729. The van der Waals surface area contributed by atoms with Crippen LogP contribution in [-0.2, 0) is 13.1 Å². The van der Waals surface area contributed by atoms with Crippen molar-refractivity contribution in [1.82, 2.24) is 10.2 Å². The van der Waals surface area contributed by atoms with Crippen LogP contribution in [0.25, 0.3) is 0 Å². The number of hydrogen-bond donors (Lipinski definition) is 2. The van der Waals surface area contributed by atoms with Gasteiger partial charge in [0.15, 0.2) is 0 Å². The summed E-state index contributed by atoms with van der Waals surface area (Å²) in [4.78, 5) is 13.9. The van der Waals surface area contributed by atoms with Crippen molar-refractivity contribution in [1.29, 1.82) is 0 Å². The zero-order chi connectivity index (χ0) is 16.4. The van der Waals surface area contributed by atoms with E-state index in [4.69, 9.17) is 0 Å². The van der Waals surface area contributed by atoms with Crippen molar-refractivity contribution >= 4 is 28.5 Å². The topological polar surface area (TPSA) is 52.6 Å². The van der Waals surface area contributed by atoms with Crippen LogP contribution in [0.2, 0.25) is 0 Å². The molecule has 0 saturated carbocycles. The monoisotopic (exact) mass is 422 g/mol. The van der Waals surface area contributed by atoms with Gasteiger partial charge in [-0.3, -0.25) is 9.69 Å². The molecule has 2 N–H and O–H groups in total. The Morgan fingerprint density at radius 2 is 2.04 bits per heavy atom. The Labute approximate surface area is 149 Å². The van der Waals surface area contributed by atoms with Crippen LogP contribution in [0.1, 0.15) is 33.2 Å². The van der Waals surface area contributed by atoms with Gasteiger partial charge in [0.2, 0.25) is 0 Å². The maximum Gasteiger partial charge on any atom is 0.252 e. The normalized spacial score (nSPS) is 14.7. The van der Waals surface area contributed by atoms with Crippen LogP contribution in [0.15, 0.2) is 42.5 Å². The molecule has 1 heterocycles. The van der Waals surface area contributed by atoms with Crippen LogP contribution in [0.4, 0.5) is 0 Å². The number of fused-ring (bicyclic) bond motifs is 1. The SMILES string of the molecule is CN(Cc1cc(I)c2c(c1)CNC2=O)C[C@H](O)c1ccccc1. The molecule has 0 spiro atoms. The van der Waals surface area contributed by atoms with Gasteiger partial charge in [0, 0.05) is 23.2 Å². The number of aliphatic hydroxyl groups excluding tert-OH is 1. The van der Waals surface area contributed by atoms with Gasteiger partial charge in [-0.15, -0.1) is 0 Å². The molecule has 0 unspecified atom stereocenters. The Morgan fingerprint density at radius 1 is 1.30 bits per heavy atom. The summed E-state index contributed by atoms with van der Waals surface area (Å²) in [5, 5.41) is 13.2. The number of benzene rings is 2. The molecular weight excluding hydrogens is 403 g/mol. The molecule has 0 aliphatic carbocycles. The van der Waals surface area contributed by atoms with Crippen molar-refractivity contribution in [2.24, 2.45) is 0 Å². The standard InChI is InChI=1S/C18H19IN2O2/c1-21(11-16(22)13-5-3-2-4-6-13)10-12-7-14-9-20-18(23)17(14)15(19)8-12/h2-8,16,22H,9-11H2,1H3,(H,20,23)/t16-/m0/s1. The predicted octanol–water partition coefficient (Wildman–Crippen LogP) is 2.70. The fourth-order valence-electron chi connectivity index (χ4n) is 2.93. The molecule has 1 amide bonds. The van der Waals surface area contributed by atoms with E-state index in [0.717, 1.165) is 32.4 Å². The average Bonchev–Trinajstić information content (AvgIpc) is 2.89. The summed E-state index contributed by atoms with van der Waals surface area (Å²) in [5.41, 5.74) is 3.96. The summed E-state index contributed by atoms with van der Waals surface area (Å²) < 4.78 is 0.988. The Hall–Kier alpha value is -1.44. The molecule has 0 radical (unpaired) electrons. The number of carbonyl (C=O) groups excluding carboxylic acids is 1.